The Kier molecular flexibility index (Phi) is 8.33. The molecule has 33 heavy (non-hydrogen) atoms. The average Bonchev–Trinajstić information content (AvgIpc) is 2.87. The highest BCUT2D eigenvalue weighted by Gasteiger charge is 2.49. The summed E-state index contributed by atoms with van der Waals surface area (Å²) in [6.45, 7) is 0.813. The Morgan fingerprint density at radius 2 is 1.30 bits per heavy atom. The summed E-state index contributed by atoms with van der Waals surface area (Å²) in [5, 5.41) is 3.30. The first-order valence-corrected chi connectivity index (χ1v) is 11.2. The van der Waals surface area contributed by atoms with Gasteiger partial charge in [0.1, 0.15) is 17.6 Å². The largest absolute Gasteiger partial charge is 0.485 e. The second-order valence-electron chi connectivity index (χ2n) is 7.88. The molecule has 1 aliphatic rings. The van der Waals surface area contributed by atoms with Gasteiger partial charge in [-0.25, -0.2) is 0 Å². The first kappa shape index (κ1) is 23.3. The van der Waals surface area contributed by atoms with E-state index in [2.05, 4.69) is 5.32 Å². The highest BCUT2D eigenvalue weighted by Crippen LogP contribution is 2.29. The number of para-hydroxylation sites is 2. The minimum absolute atomic E-state index is 0.255. The van der Waals surface area contributed by atoms with Crippen LogP contribution in [0.4, 0.5) is 0 Å². The molecule has 1 heterocycles. The third-order valence-corrected chi connectivity index (χ3v) is 5.64. The van der Waals surface area contributed by atoms with Crippen molar-refractivity contribution in [2.45, 2.75) is 37.3 Å². The molecule has 5 atom stereocenters. The molecule has 3 aromatic rings. The summed E-state index contributed by atoms with van der Waals surface area (Å²) in [7, 11) is 3.50. The number of ether oxygens (including phenoxy) is 5. The topological polar surface area (TPSA) is 58.2 Å². The smallest absolute Gasteiger partial charge is 0.176 e. The third kappa shape index (κ3) is 6.12. The molecule has 0 saturated carbocycles. The highest BCUT2D eigenvalue weighted by molar-refractivity contribution is 5.24. The molecule has 0 bridgehead atoms. The van der Waals surface area contributed by atoms with Crippen LogP contribution in [-0.4, -0.2) is 51.4 Å². The maximum Gasteiger partial charge on any atom is 0.176 e. The number of benzene rings is 3. The van der Waals surface area contributed by atoms with Crippen LogP contribution >= 0.6 is 0 Å². The molecule has 0 aliphatic carbocycles. The van der Waals surface area contributed by atoms with Crippen LogP contribution < -0.4 is 14.8 Å². The van der Waals surface area contributed by atoms with E-state index in [1.807, 2.05) is 98.0 Å². The van der Waals surface area contributed by atoms with Crippen molar-refractivity contribution in [2.24, 2.45) is 0 Å². The van der Waals surface area contributed by atoms with Gasteiger partial charge >= 0.3 is 0 Å². The average molecular weight is 450 g/mol. The maximum absolute atomic E-state index is 6.47. The Morgan fingerprint density at radius 1 is 0.758 bits per heavy atom. The van der Waals surface area contributed by atoms with Crippen LogP contribution in [-0.2, 0) is 20.8 Å². The molecule has 1 N–H and O–H groups in total. The van der Waals surface area contributed by atoms with E-state index in [1.54, 1.807) is 7.11 Å². The van der Waals surface area contributed by atoms with Crippen LogP contribution in [0.1, 0.15) is 5.56 Å². The van der Waals surface area contributed by atoms with Crippen molar-refractivity contribution in [1.82, 2.24) is 5.32 Å². The van der Waals surface area contributed by atoms with Gasteiger partial charge in [0.15, 0.2) is 18.5 Å². The number of nitrogens with one attached hydrogen (secondary N) is 1. The quantitative estimate of drug-likeness (QED) is 0.504. The van der Waals surface area contributed by atoms with Crippen molar-refractivity contribution in [3.8, 4) is 11.5 Å². The number of hydrogen-bond donors (Lipinski definition) is 1. The van der Waals surface area contributed by atoms with E-state index >= 15 is 0 Å². The van der Waals surface area contributed by atoms with Crippen LogP contribution in [0.3, 0.4) is 0 Å². The molecule has 0 amide bonds. The number of hydrogen-bond acceptors (Lipinski definition) is 6. The molecular weight excluding hydrogens is 418 g/mol. The lowest BCUT2D eigenvalue weighted by molar-refractivity contribution is -0.257. The van der Waals surface area contributed by atoms with Crippen molar-refractivity contribution in [3.63, 3.8) is 0 Å². The van der Waals surface area contributed by atoms with Crippen LogP contribution in [0, 0.1) is 0 Å². The fourth-order valence-corrected chi connectivity index (χ4v) is 4.00. The van der Waals surface area contributed by atoms with E-state index < -0.39 is 18.5 Å². The van der Waals surface area contributed by atoms with Crippen molar-refractivity contribution in [2.75, 3.05) is 20.8 Å². The lowest BCUT2D eigenvalue weighted by Gasteiger charge is -2.45. The molecule has 6 heteroatoms. The van der Waals surface area contributed by atoms with E-state index in [9.17, 15) is 0 Å². The minimum atomic E-state index is -0.523. The van der Waals surface area contributed by atoms with Gasteiger partial charge in [-0.2, -0.15) is 0 Å². The Hall–Kier alpha value is -2.90. The molecule has 1 saturated heterocycles. The summed E-state index contributed by atoms with van der Waals surface area (Å²) in [5.41, 5.74) is 1.10. The Bertz CT molecular complexity index is 941. The van der Waals surface area contributed by atoms with Crippen molar-refractivity contribution < 1.29 is 23.7 Å². The predicted molar refractivity (Wildman–Crippen MR) is 126 cm³/mol. The monoisotopic (exact) mass is 449 g/mol. The lowest BCUT2D eigenvalue weighted by atomic mass is 9.96. The van der Waals surface area contributed by atoms with Crippen LogP contribution in [0.5, 0.6) is 11.5 Å². The Labute approximate surface area is 195 Å². The Morgan fingerprint density at radius 3 is 1.85 bits per heavy atom. The fourth-order valence-electron chi connectivity index (χ4n) is 4.00. The summed E-state index contributed by atoms with van der Waals surface area (Å²) >= 11 is 0. The zero-order chi connectivity index (χ0) is 22.9. The van der Waals surface area contributed by atoms with Gasteiger partial charge in [-0.3, -0.25) is 0 Å². The molecule has 4 rings (SSSR count). The van der Waals surface area contributed by atoms with Gasteiger partial charge in [0, 0.05) is 7.11 Å². The molecule has 1 fully saturated rings. The van der Waals surface area contributed by atoms with E-state index in [1.165, 1.54) is 0 Å². The van der Waals surface area contributed by atoms with E-state index in [0.717, 1.165) is 17.1 Å². The number of rotatable bonds is 10. The minimum Gasteiger partial charge on any atom is -0.485 e. The van der Waals surface area contributed by atoms with Crippen molar-refractivity contribution in [3.05, 3.63) is 96.6 Å². The van der Waals surface area contributed by atoms with Gasteiger partial charge in [-0.05, 0) is 36.9 Å². The zero-order valence-corrected chi connectivity index (χ0v) is 19.0. The number of likely N-dealkylation sites (N-methyl/N-ethyl adjacent to an activating group) is 1. The standard InChI is InChI=1S/C27H31NO5/c1-28-24-26(32-22-16-10-5-11-17-22)25(31-21-14-8-4-9-15-21)23(33-27(24)29-2)19-30-18-20-12-6-3-7-13-20/h3-17,23-28H,18-19H2,1-2H3/t23-,24+,25+,26-,27-/m1/s1. The SMILES string of the molecule is CN[C@@H]1[C@H](OC)O[C@H](COCc2ccccc2)[C@H](Oc2ccccc2)[C@@H]1Oc1ccccc1. The summed E-state index contributed by atoms with van der Waals surface area (Å²) < 4.78 is 31.0. The fraction of sp³-hybridized carbons (Fsp3) is 0.333. The van der Waals surface area contributed by atoms with Crippen molar-refractivity contribution >= 4 is 0 Å². The molecular formula is C27H31NO5. The molecule has 174 valence electrons. The van der Waals surface area contributed by atoms with Gasteiger partial charge in [0.2, 0.25) is 0 Å². The molecule has 0 aromatic heterocycles. The second kappa shape index (κ2) is 11.8. The summed E-state index contributed by atoms with van der Waals surface area (Å²) in [5.74, 6) is 1.50. The van der Waals surface area contributed by atoms with E-state index in [4.69, 9.17) is 23.7 Å². The molecule has 1 aliphatic heterocycles. The maximum atomic E-state index is 6.47. The lowest BCUT2D eigenvalue weighted by Crippen LogP contribution is -2.66. The zero-order valence-electron chi connectivity index (χ0n) is 19.0. The predicted octanol–water partition coefficient (Wildman–Crippen LogP) is 4.06. The molecule has 3 aromatic carbocycles. The molecule has 6 nitrogen and oxygen atoms in total. The van der Waals surface area contributed by atoms with E-state index in [0.29, 0.717) is 13.2 Å². The van der Waals surface area contributed by atoms with Crippen LogP contribution in [0.25, 0.3) is 0 Å². The van der Waals surface area contributed by atoms with Gasteiger partial charge in [-0.15, -0.1) is 0 Å². The van der Waals surface area contributed by atoms with Gasteiger partial charge < -0.3 is 29.0 Å². The first-order valence-electron chi connectivity index (χ1n) is 11.2. The summed E-state index contributed by atoms with van der Waals surface area (Å²) in [6, 6.07) is 29.2. The van der Waals surface area contributed by atoms with Gasteiger partial charge in [-0.1, -0.05) is 66.7 Å². The third-order valence-electron chi connectivity index (χ3n) is 5.64. The summed E-state index contributed by atoms with van der Waals surface area (Å²) in [6.07, 6.45) is -1.75. The highest BCUT2D eigenvalue weighted by atomic mass is 16.7. The Balaban J connectivity index is 1.58. The first-order chi connectivity index (χ1) is 16.3. The normalized spacial score (nSPS) is 24.8. The second-order valence-corrected chi connectivity index (χ2v) is 7.88. The van der Waals surface area contributed by atoms with Crippen LogP contribution in [0.15, 0.2) is 91.0 Å². The van der Waals surface area contributed by atoms with Crippen molar-refractivity contribution in [1.29, 1.82) is 0 Å². The molecule has 0 spiro atoms. The van der Waals surface area contributed by atoms with Gasteiger partial charge in [0.05, 0.1) is 19.3 Å². The number of methoxy groups -OCH3 is 1. The van der Waals surface area contributed by atoms with Gasteiger partial charge in [0.25, 0.3) is 0 Å². The van der Waals surface area contributed by atoms with E-state index in [-0.39, 0.29) is 12.1 Å². The van der Waals surface area contributed by atoms with Crippen LogP contribution in [0.2, 0.25) is 0 Å². The molecule has 0 unspecified atom stereocenters. The summed E-state index contributed by atoms with van der Waals surface area (Å²) in [4.78, 5) is 0. The molecule has 0 radical (unpaired) electrons.